The normalized spacial score (nSPS) is 16.0. The van der Waals surface area contributed by atoms with Gasteiger partial charge in [0.2, 0.25) is 0 Å². The molecule has 1 heterocycles. The van der Waals surface area contributed by atoms with E-state index in [9.17, 15) is 14.0 Å². The minimum Gasteiger partial charge on any atom is -0.448 e. The van der Waals surface area contributed by atoms with E-state index >= 15 is 0 Å². The van der Waals surface area contributed by atoms with Crippen molar-refractivity contribution in [1.29, 1.82) is 0 Å². The molecule has 0 fully saturated rings. The second-order valence-corrected chi connectivity index (χ2v) is 6.87. The smallest absolute Gasteiger partial charge is 0.339 e. The van der Waals surface area contributed by atoms with Crippen molar-refractivity contribution in [2.45, 2.75) is 23.8 Å². The van der Waals surface area contributed by atoms with Gasteiger partial charge in [-0.25, -0.2) is 9.18 Å². The van der Waals surface area contributed by atoms with E-state index in [1.807, 2.05) is 12.1 Å². The van der Waals surface area contributed by atoms with E-state index < -0.39 is 12.1 Å². The Bertz CT molecular complexity index is 764. The molecule has 1 amide bonds. The van der Waals surface area contributed by atoms with E-state index in [1.165, 1.54) is 12.1 Å². The highest BCUT2D eigenvalue weighted by Crippen LogP contribution is 2.21. The van der Waals surface area contributed by atoms with Crippen LogP contribution in [-0.2, 0) is 16.0 Å². The summed E-state index contributed by atoms with van der Waals surface area (Å²) >= 11 is 1.60. The highest BCUT2D eigenvalue weighted by Gasteiger charge is 2.30. The number of carbonyl (C=O) groups excluding carboxylic acids is 2. The van der Waals surface area contributed by atoms with Crippen LogP contribution in [0.3, 0.4) is 0 Å². The number of fused-ring (bicyclic) bond motifs is 1. The van der Waals surface area contributed by atoms with Crippen molar-refractivity contribution in [1.82, 2.24) is 5.32 Å². The van der Waals surface area contributed by atoms with Crippen molar-refractivity contribution in [2.75, 3.05) is 12.3 Å². The number of ether oxygens (including phenoxy) is 1. The average Bonchev–Trinajstić information content (AvgIpc) is 2.63. The van der Waals surface area contributed by atoms with E-state index in [1.54, 1.807) is 36.0 Å². The van der Waals surface area contributed by atoms with Crippen LogP contribution < -0.4 is 5.32 Å². The molecule has 0 saturated heterocycles. The second-order valence-electron chi connectivity index (χ2n) is 5.70. The highest BCUT2D eigenvalue weighted by molar-refractivity contribution is 7.99. The summed E-state index contributed by atoms with van der Waals surface area (Å²) in [5.74, 6) is -0.164. The molecule has 2 aromatic rings. The highest BCUT2D eigenvalue weighted by atomic mass is 32.2. The molecule has 3 rings (SSSR count). The Labute approximate surface area is 149 Å². The minimum atomic E-state index is -0.771. The largest absolute Gasteiger partial charge is 0.448 e. The molecular formula is C19H18FNO3S. The van der Waals surface area contributed by atoms with Gasteiger partial charge in [-0.1, -0.05) is 18.2 Å². The van der Waals surface area contributed by atoms with E-state index in [-0.39, 0.29) is 11.7 Å². The standard InChI is InChI=1S/C19H18FNO3S/c20-14-6-8-15(9-7-14)25-11-3-10-21-18(22)17-12-13-4-1-2-5-16(13)19(23)24-17/h1-2,4-9,17H,3,10-12H2,(H,21,22). The monoisotopic (exact) mass is 359 g/mol. The lowest BCUT2D eigenvalue weighted by molar-refractivity contribution is -0.130. The first kappa shape index (κ1) is 17.5. The summed E-state index contributed by atoms with van der Waals surface area (Å²) in [5.41, 5.74) is 1.37. The third kappa shape index (κ3) is 4.60. The molecule has 25 heavy (non-hydrogen) atoms. The zero-order valence-corrected chi connectivity index (χ0v) is 14.4. The number of benzene rings is 2. The molecule has 0 spiro atoms. The van der Waals surface area contributed by atoms with Crippen molar-refractivity contribution >= 4 is 23.6 Å². The van der Waals surface area contributed by atoms with Gasteiger partial charge in [-0.05, 0) is 48.1 Å². The number of hydrogen-bond acceptors (Lipinski definition) is 4. The van der Waals surface area contributed by atoms with E-state index in [4.69, 9.17) is 4.74 Å². The molecule has 1 unspecified atom stereocenters. The SMILES string of the molecule is O=C1OC(C(=O)NCCCSc2ccc(F)cc2)Cc2ccccc21. The minimum absolute atomic E-state index is 0.250. The molecule has 6 heteroatoms. The molecule has 0 aliphatic carbocycles. The van der Waals surface area contributed by atoms with Gasteiger partial charge in [-0.15, -0.1) is 11.8 Å². The van der Waals surface area contributed by atoms with Gasteiger partial charge in [-0.3, -0.25) is 4.79 Å². The average molecular weight is 359 g/mol. The molecule has 1 aliphatic rings. The number of rotatable bonds is 6. The number of esters is 1. The van der Waals surface area contributed by atoms with E-state index in [0.717, 1.165) is 22.6 Å². The van der Waals surface area contributed by atoms with Gasteiger partial charge >= 0.3 is 5.97 Å². The van der Waals surface area contributed by atoms with Crippen LogP contribution in [0.15, 0.2) is 53.4 Å². The molecule has 1 aliphatic heterocycles. The fraction of sp³-hybridized carbons (Fsp3) is 0.263. The van der Waals surface area contributed by atoms with Crippen molar-refractivity contribution in [3.8, 4) is 0 Å². The van der Waals surface area contributed by atoms with Gasteiger partial charge in [0.05, 0.1) is 5.56 Å². The maximum atomic E-state index is 12.8. The number of thioether (sulfide) groups is 1. The fourth-order valence-corrected chi connectivity index (χ4v) is 3.45. The Hall–Kier alpha value is -2.34. The lowest BCUT2D eigenvalue weighted by atomic mass is 9.98. The topological polar surface area (TPSA) is 55.4 Å². The predicted octanol–water partition coefficient (Wildman–Crippen LogP) is 3.21. The van der Waals surface area contributed by atoms with Crippen LogP contribution in [0.4, 0.5) is 4.39 Å². The lowest BCUT2D eigenvalue weighted by Crippen LogP contribution is -2.42. The van der Waals surface area contributed by atoms with Gasteiger partial charge in [-0.2, -0.15) is 0 Å². The number of carbonyl (C=O) groups is 2. The molecule has 130 valence electrons. The number of cyclic esters (lactones) is 1. The van der Waals surface area contributed by atoms with Gasteiger partial charge in [0.25, 0.3) is 5.91 Å². The van der Waals surface area contributed by atoms with Crippen molar-refractivity contribution in [2.24, 2.45) is 0 Å². The summed E-state index contributed by atoms with van der Waals surface area (Å²) in [5, 5.41) is 2.81. The molecule has 0 radical (unpaired) electrons. The molecule has 1 atom stereocenters. The van der Waals surface area contributed by atoms with Crippen LogP contribution in [-0.4, -0.2) is 30.3 Å². The molecule has 0 bridgehead atoms. The molecule has 2 aromatic carbocycles. The summed E-state index contributed by atoms with van der Waals surface area (Å²) in [6.07, 6.45) is 0.399. The predicted molar refractivity (Wildman–Crippen MR) is 94.1 cm³/mol. The van der Waals surface area contributed by atoms with Crippen molar-refractivity contribution in [3.63, 3.8) is 0 Å². The van der Waals surface area contributed by atoms with Crippen LogP contribution in [0.5, 0.6) is 0 Å². The first-order valence-electron chi connectivity index (χ1n) is 8.08. The Morgan fingerprint density at radius 1 is 1.20 bits per heavy atom. The Morgan fingerprint density at radius 3 is 2.76 bits per heavy atom. The van der Waals surface area contributed by atoms with Crippen LogP contribution >= 0.6 is 11.8 Å². The van der Waals surface area contributed by atoms with Crippen molar-refractivity contribution < 1.29 is 18.7 Å². The zero-order chi connectivity index (χ0) is 17.6. The summed E-state index contributed by atoms with van der Waals surface area (Å²) in [6, 6.07) is 13.5. The summed E-state index contributed by atoms with van der Waals surface area (Å²) in [7, 11) is 0. The molecule has 4 nitrogen and oxygen atoms in total. The number of nitrogens with one attached hydrogen (secondary N) is 1. The van der Waals surface area contributed by atoms with Gasteiger partial charge in [0.15, 0.2) is 6.10 Å². The fourth-order valence-electron chi connectivity index (χ4n) is 2.60. The third-order valence-electron chi connectivity index (χ3n) is 3.89. The third-order valence-corrected chi connectivity index (χ3v) is 4.99. The Balaban J connectivity index is 1.41. The van der Waals surface area contributed by atoms with Crippen LogP contribution in [0.2, 0.25) is 0 Å². The summed E-state index contributed by atoms with van der Waals surface area (Å²) in [4.78, 5) is 25.1. The van der Waals surface area contributed by atoms with Crippen LogP contribution in [0.1, 0.15) is 22.3 Å². The second kappa shape index (κ2) is 8.16. The molecule has 0 aromatic heterocycles. The molecule has 0 saturated carbocycles. The van der Waals surface area contributed by atoms with Gasteiger partial charge in [0, 0.05) is 17.9 Å². The first-order valence-corrected chi connectivity index (χ1v) is 9.07. The molecule has 1 N–H and O–H groups in total. The van der Waals surface area contributed by atoms with Crippen molar-refractivity contribution in [3.05, 3.63) is 65.5 Å². The Morgan fingerprint density at radius 2 is 1.96 bits per heavy atom. The van der Waals surface area contributed by atoms with Crippen LogP contribution in [0.25, 0.3) is 0 Å². The number of amides is 1. The number of halogens is 1. The number of hydrogen-bond donors (Lipinski definition) is 1. The summed E-state index contributed by atoms with van der Waals surface area (Å²) in [6.45, 7) is 0.503. The van der Waals surface area contributed by atoms with Gasteiger partial charge < -0.3 is 10.1 Å². The lowest BCUT2D eigenvalue weighted by Gasteiger charge is -2.23. The first-order chi connectivity index (χ1) is 12.1. The van der Waals surface area contributed by atoms with E-state index in [0.29, 0.717) is 18.5 Å². The molecular weight excluding hydrogens is 341 g/mol. The van der Waals surface area contributed by atoms with Crippen LogP contribution in [0, 0.1) is 5.82 Å². The maximum Gasteiger partial charge on any atom is 0.339 e. The zero-order valence-electron chi connectivity index (χ0n) is 13.5. The van der Waals surface area contributed by atoms with Gasteiger partial charge in [0.1, 0.15) is 5.82 Å². The quantitative estimate of drug-likeness (QED) is 0.489. The summed E-state index contributed by atoms with van der Waals surface area (Å²) < 4.78 is 18.0. The van der Waals surface area contributed by atoms with E-state index in [2.05, 4.69) is 5.32 Å². The Kier molecular flexibility index (Phi) is 5.71. The maximum absolute atomic E-state index is 12.8.